The first-order chi connectivity index (χ1) is 11.5. The minimum Gasteiger partial charge on any atom is -0.493 e. The number of rotatable bonds is 7. The van der Waals surface area contributed by atoms with E-state index in [0.717, 1.165) is 4.90 Å². The summed E-state index contributed by atoms with van der Waals surface area (Å²) >= 11 is 1.34. The van der Waals surface area contributed by atoms with Crippen molar-refractivity contribution in [2.75, 3.05) is 25.3 Å². The minimum absolute atomic E-state index is 0.220. The molecule has 0 atom stereocenters. The van der Waals surface area contributed by atoms with Gasteiger partial charge in [0, 0.05) is 16.1 Å². The lowest BCUT2D eigenvalue weighted by atomic mass is 10.2. The maximum Gasteiger partial charge on any atom is 0.255 e. The molecule has 0 unspecified atom stereocenters. The number of hydrogen-bond acceptors (Lipinski definition) is 5. The molecule has 0 bridgehead atoms. The number of carbonyl (C=O) groups excluding carboxylic acids is 2. The molecule has 6 nitrogen and oxygen atoms in total. The highest BCUT2D eigenvalue weighted by Crippen LogP contribution is 2.28. The predicted octanol–water partition coefficient (Wildman–Crippen LogP) is 2.53. The maximum absolute atomic E-state index is 12.3. The highest BCUT2D eigenvalue weighted by molar-refractivity contribution is 8.00. The van der Waals surface area contributed by atoms with Gasteiger partial charge in [-0.15, -0.1) is 11.8 Å². The minimum atomic E-state index is -0.370. The SMILES string of the molecule is COc1ccc(C(=O)Nc2ccc(SCC(N)=O)cc2)cc1OC. The second kappa shape index (κ2) is 8.26. The van der Waals surface area contributed by atoms with Crippen LogP contribution >= 0.6 is 11.8 Å². The van der Waals surface area contributed by atoms with Gasteiger partial charge < -0.3 is 20.5 Å². The van der Waals surface area contributed by atoms with Crippen LogP contribution in [0, 0.1) is 0 Å². The van der Waals surface area contributed by atoms with Crippen molar-refractivity contribution in [3.8, 4) is 11.5 Å². The van der Waals surface area contributed by atoms with Gasteiger partial charge in [0.25, 0.3) is 5.91 Å². The summed E-state index contributed by atoms with van der Waals surface area (Å²) in [6.45, 7) is 0. The number of carbonyl (C=O) groups is 2. The summed E-state index contributed by atoms with van der Waals surface area (Å²) in [5.74, 6) is 0.643. The smallest absolute Gasteiger partial charge is 0.255 e. The Morgan fingerprint density at radius 1 is 1.04 bits per heavy atom. The van der Waals surface area contributed by atoms with Crippen molar-refractivity contribution in [2.24, 2.45) is 5.73 Å². The van der Waals surface area contributed by atoms with Crippen molar-refractivity contribution in [1.29, 1.82) is 0 Å². The molecule has 0 saturated heterocycles. The van der Waals surface area contributed by atoms with Crippen LogP contribution in [0.4, 0.5) is 5.69 Å². The third-order valence-corrected chi connectivity index (χ3v) is 4.17. The van der Waals surface area contributed by atoms with Crippen LogP contribution in [0.3, 0.4) is 0 Å². The average Bonchev–Trinajstić information content (AvgIpc) is 2.60. The number of amides is 2. The second-order valence-electron chi connectivity index (χ2n) is 4.80. The zero-order chi connectivity index (χ0) is 17.5. The fraction of sp³-hybridized carbons (Fsp3) is 0.176. The summed E-state index contributed by atoms with van der Waals surface area (Å²) in [5.41, 5.74) is 6.22. The molecule has 0 aliphatic carbocycles. The number of nitrogens with one attached hydrogen (secondary N) is 1. The number of thioether (sulfide) groups is 1. The van der Waals surface area contributed by atoms with Crippen LogP contribution in [0.5, 0.6) is 11.5 Å². The number of methoxy groups -OCH3 is 2. The molecule has 7 heteroatoms. The molecule has 0 spiro atoms. The van der Waals surface area contributed by atoms with Gasteiger partial charge >= 0.3 is 0 Å². The fourth-order valence-electron chi connectivity index (χ4n) is 1.97. The molecule has 2 aromatic rings. The Labute approximate surface area is 144 Å². The maximum atomic E-state index is 12.3. The molecule has 0 aliphatic heterocycles. The van der Waals surface area contributed by atoms with Crippen molar-refractivity contribution in [2.45, 2.75) is 4.90 Å². The van der Waals surface area contributed by atoms with Gasteiger partial charge in [-0.3, -0.25) is 9.59 Å². The zero-order valence-electron chi connectivity index (χ0n) is 13.4. The van der Waals surface area contributed by atoms with Crippen LogP contribution in [-0.4, -0.2) is 31.8 Å². The van der Waals surface area contributed by atoms with Gasteiger partial charge in [-0.05, 0) is 42.5 Å². The molecule has 0 aliphatic rings. The summed E-state index contributed by atoms with van der Waals surface area (Å²) < 4.78 is 10.3. The topological polar surface area (TPSA) is 90.6 Å². The Kier molecular flexibility index (Phi) is 6.08. The normalized spacial score (nSPS) is 10.1. The molecule has 2 amide bonds. The zero-order valence-corrected chi connectivity index (χ0v) is 14.2. The molecular formula is C17H18N2O4S. The number of primary amides is 1. The number of nitrogens with two attached hydrogens (primary N) is 1. The standard InChI is InChI=1S/C17H18N2O4S/c1-22-14-8-3-11(9-15(14)23-2)17(21)19-12-4-6-13(7-5-12)24-10-16(18)20/h3-9H,10H2,1-2H3,(H2,18,20)(H,19,21). The van der Waals surface area contributed by atoms with E-state index in [0.29, 0.717) is 22.7 Å². The predicted molar refractivity (Wildman–Crippen MR) is 93.9 cm³/mol. The molecule has 126 valence electrons. The lowest BCUT2D eigenvalue weighted by Crippen LogP contribution is -2.13. The van der Waals surface area contributed by atoms with E-state index in [9.17, 15) is 9.59 Å². The Bertz CT molecular complexity index is 732. The highest BCUT2D eigenvalue weighted by Gasteiger charge is 2.11. The van der Waals surface area contributed by atoms with Gasteiger partial charge in [0.1, 0.15) is 0 Å². The van der Waals surface area contributed by atoms with E-state index in [-0.39, 0.29) is 17.6 Å². The second-order valence-corrected chi connectivity index (χ2v) is 5.85. The van der Waals surface area contributed by atoms with Gasteiger partial charge in [0.05, 0.1) is 20.0 Å². The Hall–Kier alpha value is -2.67. The monoisotopic (exact) mass is 346 g/mol. The molecule has 0 fully saturated rings. The van der Waals surface area contributed by atoms with Gasteiger partial charge in [-0.1, -0.05) is 0 Å². The van der Waals surface area contributed by atoms with E-state index in [4.69, 9.17) is 15.2 Å². The number of benzene rings is 2. The Morgan fingerprint density at radius 3 is 2.29 bits per heavy atom. The van der Waals surface area contributed by atoms with E-state index in [1.54, 1.807) is 30.3 Å². The van der Waals surface area contributed by atoms with Crippen molar-refractivity contribution >= 4 is 29.3 Å². The lowest BCUT2D eigenvalue weighted by Gasteiger charge is -2.10. The number of ether oxygens (including phenoxy) is 2. The Balaban J connectivity index is 2.05. The molecule has 2 rings (SSSR count). The van der Waals surface area contributed by atoms with E-state index >= 15 is 0 Å². The first-order valence-electron chi connectivity index (χ1n) is 7.08. The molecule has 2 aromatic carbocycles. The summed E-state index contributed by atoms with van der Waals surface area (Å²) in [6.07, 6.45) is 0. The number of anilines is 1. The van der Waals surface area contributed by atoms with Crippen LogP contribution in [0.25, 0.3) is 0 Å². The summed E-state index contributed by atoms with van der Waals surface area (Å²) in [4.78, 5) is 24.0. The summed E-state index contributed by atoms with van der Waals surface area (Å²) in [6, 6.07) is 12.1. The third kappa shape index (κ3) is 4.66. The van der Waals surface area contributed by atoms with Crippen LogP contribution in [0.1, 0.15) is 10.4 Å². The largest absolute Gasteiger partial charge is 0.493 e. The molecule has 0 heterocycles. The van der Waals surface area contributed by atoms with Crippen molar-refractivity contribution in [3.63, 3.8) is 0 Å². The first-order valence-corrected chi connectivity index (χ1v) is 8.06. The quantitative estimate of drug-likeness (QED) is 0.752. The van der Waals surface area contributed by atoms with Gasteiger partial charge in [0.2, 0.25) is 5.91 Å². The van der Waals surface area contributed by atoms with Crippen molar-refractivity contribution in [3.05, 3.63) is 48.0 Å². The Morgan fingerprint density at radius 2 is 1.71 bits per heavy atom. The van der Waals surface area contributed by atoms with Gasteiger partial charge in [-0.25, -0.2) is 0 Å². The van der Waals surface area contributed by atoms with Gasteiger partial charge in [0.15, 0.2) is 11.5 Å². The van der Waals surface area contributed by atoms with E-state index < -0.39 is 0 Å². The molecule has 24 heavy (non-hydrogen) atoms. The molecular weight excluding hydrogens is 328 g/mol. The van der Waals surface area contributed by atoms with E-state index in [1.165, 1.54) is 26.0 Å². The molecule has 0 aromatic heterocycles. The summed E-state index contributed by atoms with van der Waals surface area (Å²) in [7, 11) is 3.05. The summed E-state index contributed by atoms with van der Waals surface area (Å²) in [5, 5.41) is 2.80. The third-order valence-electron chi connectivity index (χ3n) is 3.14. The van der Waals surface area contributed by atoms with Crippen molar-refractivity contribution < 1.29 is 19.1 Å². The molecule has 0 radical (unpaired) electrons. The van der Waals surface area contributed by atoms with Crippen LogP contribution in [-0.2, 0) is 4.79 Å². The number of hydrogen-bond donors (Lipinski definition) is 2. The van der Waals surface area contributed by atoms with Gasteiger partial charge in [-0.2, -0.15) is 0 Å². The molecule has 3 N–H and O–H groups in total. The van der Waals surface area contributed by atoms with E-state index in [2.05, 4.69) is 5.32 Å². The average molecular weight is 346 g/mol. The van der Waals surface area contributed by atoms with Crippen LogP contribution < -0.4 is 20.5 Å². The van der Waals surface area contributed by atoms with Crippen molar-refractivity contribution in [1.82, 2.24) is 0 Å². The lowest BCUT2D eigenvalue weighted by molar-refractivity contribution is -0.115. The molecule has 0 saturated carbocycles. The van der Waals surface area contributed by atoms with Crippen LogP contribution in [0.2, 0.25) is 0 Å². The fourth-order valence-corrected chi connectivity index (χ4v) is 2.61. The van der Waals surface area contributed by atoms with Crippen LogP contribution in [0.15, 0.2) is 47.4 Å². The first kappa shape index (κ1) is 17.7. The van der Waals surface area contributed by atoms with E-state index in [1.807, 2.05) is 12.1 Å². The highest BCUT2D eigenvalue weighted by atomic mass is 32.2.